The van der Waals surface area contributed by atoms with Crippen LogP contribution in [0.5, 0.6) is 5.75 Å². The van der Waals surface area contributed by atoms with Crippen LogP contribution in [0, 0.1) is 5.92 Å². The minimum Gasteiger partial charge on any atom is -0.462 e. The van der Waals surface area contributed by atoms with Gasteiger partial charge in [-0.3, -0.25) is 4.90 Å². The van der Waals surface area contributed by atoms with Crippen LogP contribution in [0.15, 0.2) is 35.4 Å². The van der Waals surface area contributed by atoms with Crippen molar-refractivity contribution in [2.45, 2.75) is 121 Å². The second-order valence-corrected chi connectivity index (χ2v) is 14.1. The van der Waals surface area contributed by atoms with E-state index in [2.05, 4.69) is 4.90 Å². The van der Waals surface area contributed by atoms with Gasteiger partial charge in [-0.05, 0) is 96.1 Å². The van der Waals surface area contributed by atoms with E-state index in [0.717, 1.165) is 37.1 Å². The number of aliphatic hydroxyl groups is 6. The van der Waals surface area contributed by atoms with Crippen LogP contribution in [-0.4, -0.2) is 136 Å². The number of fused-ring (bicyclic) bond motifs is 1. The van der Waals surface area contributed by atoms with Gasteiger partial charge in [-0.15, -0.1) is 0 Å². The van der Waals surface area contributed by atoms with Crippen molar-refractivity contribution in [3.05, 3.63) is 52.1 Å². The van der Waals surface area contributed by atoms with Crippen LogP contribution < -0.4 is 4.74 Å². The number of benzene rings is 1. The number of allylic oxidation sites excluding steroid dienone is 4. The number of hydrogen-bond donors (Lipinski definition) is 6. The summed E-state index contributed by atoms with van der Waals surface area (Å²) in [6.07, 6.45) is -5.06. The maximum absolute atomic E-state index is 13.6. The van der Waals surface area contributed by atoms with Crippen molar-refractivity contribution in [3.8, 4) is 5.75 Å². The molecule has 11 atom stereocenters. The van der Waals surface area contributed by atoms with Gasteiger partial charge in [0, 0.05) is 12.0 Å². The highest BCUT2D eigenvalue weighted by Gasteiger charge is 2.51. The number of esters is 1. The standard InChI is InChI=1S/C36H53NO12/c1-19(2)7-9-21-14-24(34(44)45-18-23-11-13-37-12-5-6-25(23)37)15-22(10-8-20(3)4)32(21)48-36-33(30(42)28(40)26(16-38)47-36)49-35-31(43)29(41)27(17-39)46-35/h7-8,14-15,23,25-31,33,35-36,38-43H,5-6,9-13,16-18H2,1-4H3/t23-,25-,26-,27-,28+,29+,30-,31-,33+,35-,36+/m1/s1. The Labute approximate surface area is 287 Å². The Bertz CT molecular complexity index is 1300. The lowest BCUT2D eigenvalue weighted by molar-refractivity contribution is -0.320. The van der Waals surface area contributed by atoms with Crippen molar-refractivity contribution in [3.63, 3.8) is 0 Å². The molecular formula is C36H53NO12. The fourth-order valence-electron chi connectivity index (χ4n) is 7.15. The molecule has 4 fully saturated rings. The topological polar surface area (TPSA) is 188 Å². The van der Waals surface area contributed by atoms with Crippen LogP contribution in [0.2, 0.25) is 0 Å². The van der Waals surface area contributed by atoms with Gasteiger partial charge in [-0.2, -0.15) is 0 Å². The Hall–Kier alpha value is -2.43. The number of nitrogens with zero attached hydrogens (tertiary/aromatic N) is 1. The molecule has 49 heavy (non-hydrogen) atoms. The zero-order chi connectivity index (χ0) is 35.4. The summed E-state index contributed by atoms with van der Waals surface area (Å²) < 4.78 is 29.7. The SMILES string of the molecule is CC(C)=CCc1cc(C(=O)OC[C@H]2CCN3CCC[C@H]23)cc(CC=C(C)C)c1O[C@@H]1O[C@H](CO)[C@H](O)[C@@H](O)[C@@H]1O[C@H]1O[C@H](CO)[C@H](O)[C@H]1O. The van der Waals surface area contributed by atoms with Crippen molar-refractivity contribution in [2.75, 3.05) is 32.9 Å². The summed E-state index contributed by atoms with van der Waals surface area (Å²) in [6.45, 7) is 9.07. The molecule has 274 valence electrons. The lowest BCUT2D eigenvalue weighted by atomic mass is 9.96. The van der Waals surface area contributed by atoms with Crippen molar-refractivity contribution in [2.24, 2.45) is 5.92 Å². The molecule has 4 heterocycles. The largest absolute Gasteiger partial charge is 0.462 e. The van der Waals surface area contributed by atoms with E-state index >= 15 is 0 Å². The van der Waals surface area contributed by atoms with Gasteiger partial charge in [0.2, 0.25) is 6.29 Å². The number of aliphatic hydroxyl groups excluding tert-OH is 6. The van der Waals surface area contributed by atoms with Crippen LogP contribution in [0.4, 0.5) is 0 Å². The highest BCUT2D eigenvalue weighted by Crippen LogP contribution is 2.36. The molecule has 0 radical (unpaired) electrons. The molecule has 0 amide bonds. The molecule has 0 spiro atoms. The quantitative estimate of drug-likeness (QED) is 0.127. The van der Waals surface area contributed by atoms with Crippen molar-refractivity contribution in [1.29, 1.82) is 0 Å². The van der Waals surface area contributed by atoms with Gasteiger partial charge in [0.15, 0.2) is 12.4 Å². The van der Waals surface area contributed by atoms with Gasteiger partial charge in [0.25, 0.3) is 0 Å². The molecule has 0 bridgehead atoms. The van der Waals surface area contributed by atoms with Gasteiger partial charge in [-0.25, -0.2) is 4.79 Å². The second kappa shape index (κ2) is 16.7. The zero-order valence-corrected chi connectivity index (χ0v) is 28.8. The fraction of sp³-hybridized carbons (Fsp3) is 0.694. The molecule has 13 nitrogen and oxygen atoms in total. The molecule has 0 unspecified atom stereocenters. The first-order valence-electron chi connectivity index (χ1n) is 17.3. The summed E-state index contributed by atoms with van der Waals surface area (Å²) in [5.41, 5.74) is 3.70. The molecule has 4 aliphatic heterocycles. The van der Waals surface area contributed by atoms with Gasteiger partial charge >= 0.3 is 5.97 Å². The number of ether oxygens (including phenoxy) is 5. The smallest absolute Gasteiger partial charge is 0.338 e. The van der Waals surface area contributed by atoms with Gasteiger partial charge in [-0.1, -0.05) is 23.3 Å². The number of carbonyl (C=O) groups is 1. The molecule has 5 rings (SSSR count). The highest BCUT2D eigenvalue weighted by molar-refractivity contribution is 5.90. The van der Waals surface area contributed by atoms with Crippen molar-refractivity contribution < 1.29 is 59.1 Å². The maximum Gasteiger partial charge on any atom is 0.338 e. The van der Waals surface area contributed by atoms with E-state index in [9.17, 15) is 35.4 Å². The fourth-order valence-corrected chi connectivity index (χ4v) is 7.15. The van der Waals surface area contributed by atoms with E-state index in [1.165, 1.54) is 6.42 Å². The molecule has 1 aromatic rings. The molecule has 4 saturated heterocycles. The van der Waals surface area contributed by atoms with Gasteiger partial charge < -0.3 is 54.3 Å². The maximum atomic E-state index is 13.6. The molecule has 4 aliphatic rings. The minimum absolute atomic E-state index is 0.308. The van der Waals surface area contributed by atoms with Gasteiger partial charge in [0.05, 0.1) is 25.4 Å². The van der Waals surface area contributed by atoms with E-state index in [4.69, 9.17) is 23.7 Å². The van der Waals surface area contributed by atoms with Crippen molar-refractivity contribution >= 4 is 5.97 Å². The molecule has 0 aliphatic carbocycles. The predicted octanol–water partition coefficient (Wildman–Crippen LogP) is 0.987. The van der Waals surface area contributed by atoms with E-state index in [-0.39, 0.29) is 0 Å². The minimum atomic E-state index is -1.67. The average molecular weight is 692 g/mol. The molecule has 6 N–H and O–H groups in total. The van der Waals surface area contributed by atoms with E-state index in [1.807, 2.05) is 39.8 Å². The Morgan fingerprint density at radius 1 is 0.837 bits per heavy atom. The number of carbonyl (C=O) groups excluding carboxylic acids is 1. The van der Waals surface area contributed by atoms with E-state index < -0.39 is 74.5 Å². The van der Waals surface area contributed by atoms with Crippen molar-refractivity contribution in [1.82, 2.24) is 4.90 Å². The number of rotatable bonds is 13. The Balaban J connectivity index is 1.47. The van der Waals surface area contributed by atoms with E-state index in [0.29, 0.717) is 53.8 Å². The first-order valence-corrected chi connectivity index (χ1v) is 17.3. The predicted molar refractivity (Wildman–Crippen MR) is 177 cm³/mol. The van der Waals surface area contributed by atoms with E-state index in [1.54, 1.807) is 12.1 Å². The third-order valence-electron chi connectivity index (χ3n) is 9.96. The monoisotopic (exact) mass is 691 g/mol. The molecule has 1 aromatic carbocycles. The summed E-state index contributed by atoms with van der Waals surface area (Å²) in [6, 6.07) is 3.90. The Morgan fingerprint density at radius 3 is 2.02 bits per heavy atom. The van der Waals surface area contributed by atoms with Gasteiger partial charge in [0.1, 0.15) is 42.4 Å². The zero-order valence-electron chi connectivity index (χ0n) is 28.8. The summed E-state index contributed by atoms with van der Waals surface area (Å²) >= 11 is 0. The highest BCUT2D eigenvalue weighted by atomic mass is 16.8. The molecule has 13 heteroatoms. The first-order chi connectivity index (χ1) is 23.4. The Morgan fingerprint density at radius 2 is 1.43 bits per heavy atom. The summed E-state index contributed by atoms with van der Waals surface area (Å²) in [4.78, 5) is 16.1. The lowest BCUT2D eigenvalue weighted by Crippen LogP contribution is -2.62. The Kier molecular flexibility index (Phi) is 12.9. The third kappa shape index (κ3) is 8.73. The molecule has 0 saturated carbocycles. The third-order valence-corrected chi connectivity index (χ3v) is 9.96. The summed E-state index contributed by atoms with van der Waals surface area (Å²) in [5.74, 6) is 0.226. The van der Waals surface area contributed by atoms with Crippen LogP contribution in [0.1, 0.15) is 68.4 Å². The average Bonchev–Trinajstić information content (AvgIpc) is 3.77. The summed E-state index contributed by atoms with van der Waals surface area (Å²) in [7, 11) is 0. The number of hydrogen-bond acceptors (Lipinski definition) is 13. The molecular weight excluding hydrogens is 638 g/mol. The summed E-state index contributed by atoms with van der Waals surface area (Å²) in [5, 5.41) is 62.2. The molecule has 0 aromatic heterocycles. The second-order valence-electron chi connectivity index (χ2n) is 14.1. The van der Waals surface area contributed by atoms with Crippen LogP contribution in [-0.2, 0) is 31.8 Å². The van der Waals surface area contributed by atoms with Crippen LogP contribution >= 0.6 is 0 Å². The first kappa shape index (κ1) is 37.8. The lowest BCUT2D eigenvalue weighted by Gasteiger charge is -2.43. The normalized spacial score (nSPS) is 34.4. The van der Waals surface area contributed by atoms with Crippen LogP contribution in [0.3, 0.4) is 0 Å². The van der Waals surface area contributed by atoms with Crippen LogP contribution in [0.25, 0.3) is 0 Å².